The Morgan fingerprint density at radius 3 is 2.82 bits per heavy atom. The van der Waals surface area contributed by atoms with Crippen LogP contribution in [0, 0.1) is 25.2 Å². The second-order valence-electron chi connectivity index (χ2n) is 3.75. The first-order valence-electron chi connectivity index (χ1n) is 5.13. The summed E-state index contributed by atoms with van der Waals surface area (Å²) in [5, 5.41) is 11.7. The maximum Gasteiger partial charge on any atom is 0.269 e. The number of rotatable bonds is 2. The van der Waals surface area contributed by atoms with Crippen molar-refractivity contribution < 1.29 is 0 Å². The summed E-state index contributed by atoms with van der Waals surface area (Å²) in [7, 11) is 0. The number of aryl methyl sites for hydroxylation is 2. The van der Waals surface area contributed by atoms with Gasteiger partial charge in [-0.25, -0.2) is 4.98 Å². The Morgan fingerprint density at radius 1 is 1.47 bits per heavy atom. The van der Waals surface area contributed by atoms with Crippen LogP contribution < -0.4 is 5.56 Å². The number of nitriles is 1. The molecule has 0 saturated carbocycles. The second kappa shape index (κ2) is 4.52. The van der Waals surface area contributed by atoms with Gasteiger partial charge in [0.05, 0.1) is 17.2 Å². The fourth-order valence-electron chi connectivity index (χ4n) is 1.60. The van der Waals surface area contributed by atoms with Crippen molar-refractivity contribution in [2.24, 2.45) is 0 Å². The zero-order valence-corrected chi connectivity index (χ0v) is 10.4. The topological polar surface area (TPSA) is 58.7 Å². The lowest BCUT2D eigenvalue weighted by Crippen LogP contribution is -2.25. The van der Waals surface area contributed by atoms with Crippen LogP contribution in [-0.2, 0) is 6.54 Å². The van der Waals surface area contributed by atoms with E-state index in [1.807, 2.05) is 25.3 Å². The molecule has 0 bridgehead atoms. The maximum atomic E-state index is 11.9. The highest BCUT2D eigenvalue weighted by atomic mass is 32.1. The molecule has 0 atom stereocenters. The molecular weight excluding hydrogens is 234 g/mol. The second-order valence-corrected chi connectivity index (χ2v) is 4.81. The van der Waals surface area contributed by atoms with Gasteiger partial charge in [-0.2, -0.15) is 5.26 Å². The summed E-state index contributed by atoms with van der Waals surface area (Å²) >= 11 is 1.55. The molecule has 0 amide bonds. The van der Waals surface area contributed by atoms with Gasteiger partial charge in [0.15, 0.2) is 0 Å². The first-order chi connectivity index (χ1) is 8.11. The minimum absolute atomic E-state index is 0.169. The predicted molar refractivity (Wildman–Crippen MR) is 66.1 cm³/mol. The number of nitrogens with zero attached hydrogens (tertiary/aromatic N) is 3. The first-order valence-corrected chi connectivity index (χ1v) is 6.01. The van der Waals surface area contributed by atoms with Crippen molar-refractivity contribution in [1.29, 1.82) is 5.26 Å². The molecule has 86 valence electrons. The molecule has 4 nitrogen and oxygen atoms in total. The molecule has 5 heteroatoms. The van der Waals surface area contributed by atoms with Gasteiger partial charge in [-0.3, -0.25) is 4.79 Å². The van der Waals surface area contributed by atoms with Gasteiger partial charge in [0.25, 0.3) is 5.56 Å². The van der Waals surface area contributed by atoms with Gasteiger partial charge in [-0.15, -0.1) is 11.3 Å². The molecule has 0 fully saturated rings. The third-order valence-corrected chi connectivity index (χ3v) is 3.32. The average molecular weight is 245 g/mol. The van der Waals surface area contributed by atoms with Crippen molar-refractivity contribution in [3.8, 4) is 6.07 Å². The maximum absolute atomic E-state index is 11.9. The summed E-state index contributed by atoms with van der Waals surface area (Å²) in [5.74, 6) is 0. The third-order valence-electron chi connectivity index (χ3n) is 2.50. The van der Waals surface area contributed by atoms with E-state index in [2.05, 4.69) is 4.98 Å². The van der Waals surface area contributed by atoms with Crippen LogP contribution in [0.25, 0.3) is 0 Å². The van der Waals surface area contributed by atoms with Gasteiger partial charge in [-0.05, 0) is 26.0 Å². The van der Waals surface area contributed by atoms with Crippen LogP contribution in [-0.4, -0.2) is 9.55 Å². The van der Waals surface area contributed by atoms with Crippen LogP contribution in [0.15, 0.2) is 22.3 Å². The SMILES string of the molecule is Cc1nc(Cn2c(C)ccc(C#N)c2=O)cs1. The van der Waals surface area contributed by atoms with Crippen LogP contribution in [0.4, 0.5) is 0 Å². The van der Waals surface area contributed by atoms with Crippen LogP contribution in [0.5, 0.6) is 0 Å². The van der Waals surface area contributed by atoms with Gasteiger partial charge < -0.3 is 4.57 Å². The Kier molecular flexibility index (Phi) is 3.07. The van der Waals surface area contributed by atoms with Crippen molar-refractivity contribution >= 4 is 11.3 Å². The van der Waals surface area contributed by atoms with E-state index in [1.54, 1.807) is 28.0 Å². The number of hydrogen-bond donors (Lipinski definition) is 0. The Hall–Kier alpha value is -1.93. The Labute approximate surface area is 103 Å². The minimum atomic E-state index is -0.252. The van der Waals surface area contributed by atoms with E-state index in [0.29, 0.717) is 6.54 Å². The Morgan fingerprint density at radius 2 is 2.24 bits per heavy atom. The highest BCUT2D eigenvalue weighted by molar-refractivity contribution is 7.09. The van der Waals surface area contributed by atoms with Crippen LogP contribution in [0.3, 0.4) is 0 Å². The Balaban J connectivity index is 2.46. The fraction of sp³-hybridized carbons (Fsp3) is 0.250. The smallest absolute Gasteiger partial charge is 0.269 e. The molecule has 0 radical (unpaired) electrons. The lowest BCUT2D eigenvalue weighted by Gasteiger charge is -2.07. The number of pyridine rings is 1. The summed E-state index contributed by atoms with van der Waals surface area (Å²) in [5.41, 5.74) is 1.60. The highest BCUT2D eigenvalue weighted by Gasteiger charge is 2.07. The summed E-state index contributed by atoms with van der Waals surface area (Å²) in [6.07, 6.45) is 0. The summed E-state index contributed by atoms with van der Waals surface area (Å²) < 4.78 is 1.58. The highest BCUT2D eigenvalue weighted by Crippen LogP contribution is 2.09. The summed E-state index contributed by atoms with van der Waals surface area (Å²) in [6, 6.07) is 5.24. The first kappa shape index (κ1) is 11.6. The largest absolute Gasteiger partial charge is 0.306 e. The van der Waals surface area contributed by atoms with Crippen molar-refractivity contribution in [3.63, 3.8) is 0 Å². The zero-order valence-electron chi connectivity index (χ0n) is 9.60. The molecule has 0 aromatic carbocycles. The quantitative estimate of drug-likeness (QED) is 0.811. The van der Waals surface area contributed by atoms with E-state index in [1.165, 1.54) is 0 Å². The fourth-order valence-corrected chi connectivity index (χ4v) is 2.20. The monoisotopic (exact) mass is 245 g/mol. The van der Waals surface area contributed by atoms with Crippen LogP contribution in [0.1, 0.15) is 22.0 Å². The Bertz CT molecular complexity index is 649. The molecule has 2 heterocycles. The molecule has 0 saturated heterocycles. The normalized spacial score (nSPS) is 10.2. The number of thiazole rings is 1. The van der Waals surface area contributed by atoms with E-state index in [4.69, 9.17) is 5.26 Å². The third kappa shape index (κ3) is 2.27. The lowest BCUT2D eigenvalue weighted by atomic mass is 10.2. The van der Waals surface area contributed by atoms with Crippen molar-refractivity contribution in [2.45, 2.75) is 20.4 Å². The molecule has 2 rings (SSSR count). The lowest BCUT2D eigenvalue weighted by molar-refractivity contribution is 0.713. The van der Waals surface area contributed by atoms with Crippen molar-refractivity contribution in [3.05, 3.63) is 49.8 Å². The molecule has 0 aliphatic heterocycles. The number of aromatic nitrogens is 2. The number of hydrogen-bond acceptors (Lipinski definition) is 4. The van der Waals surface area contributed by atoms with E-state index >= 15 is 0 Å². The molecule has 0 spiro atoms. The van der Waals surface area contributed by atoms with Gasteiger partial charge in [0, 0.05) is 11.1 Å². The van der Waals surface area contributed by atoms with Gasteiger partial charge in [0.1, 0.15) is 11.6 Å². The van der Waals surface area contributed by atoms with E-state index < -0.39 is 0 Å². The van der Waals surface area contributed by atoms with Gasteiger partial charge in [0.2, 0.25) is 0 Å². The van der Waals surface area contributed by atoms with E-state index in [0.717, 1.165) is 16.4 Å². The predicted octanol–water partition coefficient (Wildman–Crippen LogP) is 1.84. The average Bonchev–Trinajstić information content (AvgIpc) is 2.70. The molecule has 0 N–H and O–H groups in total. The minimum Gasteiger partial charge on any atom is -0.306 e. The molecule has 0 unspecified atom stereocenters. The van der Waals surface area contributed by atoms with Crippen molar-refractivity contribution in [2.75, 3.05) is 0 Å². The molecular formula is C12H11N3OS. The van der Waals surface area contributed by atoms with Crippen LogP contribution >= 0.6 is 11.3 Å². The van der Waals surface area contributed by atoms with Gasteiger partial charge >= 0.3 is 0 Å². The zero-order chi connectivity index (χ0) is 12.4. The molecule has 0 aliphatic rings. The van der Waals surface area contributed by atoms with Gasteiger partial charge in [-0.1, -0.05) is 0 Å². The molecule has 0 aliphatic carbocycles. The van der Waals surface area contributed by atoms with E-state index in [-0.39, 0.29) is 11.1 Å². The summed E-state index contributed by atoms with van der Waals surface area (Å²) in [6.45, 7) is 4.20. The summed E-state index contributed by atoms with van der Waals surface area (Å²) in [4.78, 5) is 16.3. The molecule has 2 aromatic rings. The molecule has 17 heavy (non-hydrogen) atoms. The van der Waals surface area contributed by atoms with Crippen LogP contribution in [0.2, 0.25) is 0 Å². The van der Waals surface area contributed by atoms with Crippen molar-refractivity contribution in [1.82, 2.24) is 9.55 Å². The van der Waals surface area contributed by atoms with E-state index in [9.17, 15) is 4.79 Å². The molecule has 2 aromatic heterocycles. The standard InChI is InChI=1S/C12H11N3OS/c1-8-3-4-10(5-13)12(16)15(8)6-11-7-17-9(2)14-11/h3-4,7H,6H2,1-2H3.